The molecule has 16 heavy (non-hydrogen) atoms. The number of aromatic nitrogens is 2. The summed E-state index contributed by atoms with van der Waals surface area (Å²) in [4.78, 5) is 31.4. The van der Waals surface area contributed by atoms with E-state index < -0.39 is 5.54 Å². The number of carbonyl (C=O) groups is 1. The summed E-state index contributed by atoms with van der Waals surface area (Å²) in [7, 11) is 0. The Morgan fingerprint density at radius 1 is 1.38 bits per heavy atom. The van der Waals surface area contributed by atoms with Crippen LogP contribution in [0, 0.1) is 0 Å². The number of nitrogens with one attached hydrogen (secondary N) is 1. The molecular weight excluding hydrogens is 208 g/mol. The summed E-state index contributed by atoms with van der Waals surface area (Å²) in [5.41, 5.74) is 5.14. The molecule has 1 aromatic rings. The van der Waals surface area contributed by atoms with Crippen LogP contribution in [-0.2, 0) is 11.2 Å². The zero-order valence-corrected chi connectivity index (χ0v) is 9.50. The number of hydrogen-bond acceptors (Lipinski definition) is 4. The summed E-state index contributed by atoms with van der Waals surface area (Å²) in [6.45, 7) is 5.66. The van der Waals surface area contributed by atoms with E-state index in [0.29, 0.717) is 11.4 Å². The Morgan fingerprint density at radius 3 is 2.56 bits per heavy atom. The number of amides is 1. The van der Waals surface area contributed by atoms with Gasteiger partial charge in [0.15, 0.2) is 0 Å². The van der Waals surface area contributed by atoms with Gasteiger partial charge in [-0.1, -0.05) is 0 Å². The van der Waals surface area contributed by atoms with Gasteiger partial charge in [-0.25, -0.2) is 0 Å². The molecule has 1 aliphatic heterocycles. The molecule has 0 atom stereocenters. The zero-order chi connectivity index (χ0) is 12.1. The van der Waals surface area contributed by atoms with Crippen LogP contribution < -0.4 is 16.2 Å². The van der Waals surface area contributed by atoms with Crippen LogP contribution in [0.3, 0.4) is 0 Å². The average Bonchev–Trinajstić information content (AvgIpc) is 2.40. The van der Waals surface area contributed by atoms with Crippen LogP contribution in [0.4, 0.5) is 11.8 Å². The molecule has 1 aliphatic rings. The van der Waals surface area contributed by atoms with E-state index in [1.54, 1.807) is 0 Å². The highest BCUT2D eigenvalue weighted by atomic mass is 16.2. The van der Waals surface area contributed by atoms with Gasteiger partial charge in [-0.15, -0.1) is 0 Å². The van der Waals surface area contributed by atoms with E-state index in [1.165, 1.54) is 4.90 Å². The fourth-order valence-corrected chi connectivity index (χ4v) is 1.89. The van der Waals surface area contributed by atoms with E-state index in [4.69, 9.17) is 5.73 Å². The van der Waals surface area contributed by atoms with Gasteiger partial charge in [0.2, 0.25) is 11.9 Å². The van der Waals surface area contributed by atoms with Crippen LogP contribution in [0.25, 0.3) is 0 Å². The SMILES string of the molecule is CC(C)(C)N1C(=O)Cc2c1nc(N)[nH]c2=O. The summed E-state index contributed by atoms with van der Waals surface area (Å²) in [5.74, 6) is 0.303. The molecule has 2 rings (SSSR count). The van der Waals surface area contributed by atoms with Crippen LogP contribution in [0.1, 0.15) is 26.3 Å². The van der Waals surface area contributed by atoms with Gasteiger partial charge < -0.3 is 5.73 Å². The maximum Gasteiger partial charge on any atom is 0.258 e. The molecular formula is C10H14N4O2. The topological polar surface area (TPSA) is 92.1 Å². The standard InChI is InChI=1S/C10H14N4O2/c1-10(2,3)14-6(15)4-5-7(14)12-9(11)13-8(5)16/h4H2,1-3H3,(H3,11,12,13,16). The summed E-state index contributed by atoms with van der Waals surface area (Å²) < 4.78 is 0. The molecule has 0 aromatic carbocycles. The van der Waals surface area contributed by atoms with Crippen molar-refractivity contribution >= 4 is 17.7 Å². The third-order valence-corrected chi connectivity index (χ3v) is 2.47. The maximum absolute atomic E-state index is 11.8. The summed E-state index contributed by atoms with van der Waals surface area (Å²) in [5, 5.41) is 0. The van der Waals surface area contributed by atoms with Crippen molar-refractivity contribution in [2.45, 2.75) is 32.7 Å². The first kappa shape index (κ1) is 10.7. The number of hydrogen-bond donors (Lipinski definition) is 2. The fourth-order valence-electron chi connectivity index (χ4n) is 1.89. The van der Waals surface area contributed by atoms with Gasteiger partial charge in [0, 0.05) is 5.54 Å². The molecule has 1 aromatic heterocycles. The van der Waals surface area contributed by atoms with Gasteiger partial charge in [-0.3, -0.25) is 19.5 Å². The van der Waals surface area contributed by atoms with Crippen molar-refractivity contribution in [1.29, 1.82) is 0 Å². The van der Waals surface area contributed by atoms with Crippen LogP contribution >= 0.6 is 0 Å². The van der Waals surface area contributed by atoms with Crippen molar-refractivity contribution in [3.63, 3.8) is 0 Å². The van der Waals surface area contributed by atoms with Gasteiger partial charge >= 0.3 is 0 Å². The highest BCUT2D eigenvalue weighted by Gasteiger charge is 2.38. The predicted octanol–water partition coefficient (Wildman–Crippen LogP) is 0.0397. The quantitative estimate of drug-likeness (QED) is 0.648. The molecule has 0 spiro atoms. The van der Waals surface area contributed by atoms with Crippen molar-refractivity contribution in [2.75, 3.05) is 10.6 Å². The van der Waals surface area contributed by atoms with E-state index in [1.807, 2.05) is 20.8 Å². The van der Waals surface area contributed by atoms with Crippen LogP contribution in [0.5, 0.6) is 0 Å². The third kappa shape index (κ3) is 1.46. The van der Waals surface area contributed by atoms with E-state index in [0.717, 1.165) is 0 Å². The van der Waals surface area contributed by atoms with Gasteiger partial charge in [0.05, 0.1) is 12.0 Å². The number of aromatic amines is 1. The molecule has 0 saturated heterocycles. The van der Waals surface area contributed by atoms with Crippen molar-refractivity contribution in [1.82, 2.24) is 9.97 Å². The lowest BCUT2D eigenvalue weighted by molar-refractivity contribution is -0.118. The summed E-state index contributed by atoms with van der Waals surface area (Å²) in [6, 6.07) is 0. The number of carbonyl (C=O) groups excluding carboxylic acids is 1. The molecule has 0 bridgehead atoms. The van der Waals surface area contributed by atoms with Crippen LogP contribution in [-0.4, -0.2) is 21.4 Å². The Hall–Kier alpha value is -1.85. The molecule has 3 N–H and O–H groups in total. The Morgan fingerprint density at radius 2 is 2.00 bits per heavy atom. The number of fused-ring (bicyclic) bond motifs is 1. The van der Waals surface area contributed by atoms with Crippen molar-refractivity contribution < 1.29 is 4.79 Å². The molecule has 0 aliphatic carbocycles. The third-order valence-electron chi connectivity index (χ3n) is 2.47. The zero-order valence-electron chi connectivity index (χ0n) is 9.50. The first-order valence-corrected chi connectivity index (χ1v) is 5.02. The first-order valence-electron chi connectivity index (χ1n) is 5.02. The van der Waals surface area contributed by atoms with E-state index >= 15 is 0 Å². The number of nitrogens with zero attached hydrogens (tertiary/aromatic N) is 2. The molecule has 6 heteroatoms. The second-order valence-electron chi connectivity index (χ2n) is 4.83. The molecule has 0 unspecified atom stereocenters. The minimum absolute atomic E-state index is 0.0349. The minimum atomic E-state index is -0.407. The molecule has 2 heterocycles. The Balaban J connectivity index is 2.66. The highest BCUT2D eigenvalue weighted by molar-refractivity contribution is 6.01. The number of H-pyrrole nitrogens is 1. The first-order chi connectivity index (χ1) is 7.30. The number of nitrogen functional groups attached to an aromatic ring is 1. The van der Waals surface area contributed by atoms with E-state index in [2.05, 4.69) is 9.97 Å². The normalized spacial score (nSPS) is 15.4. The largest absolute Gasteiger partial charge is 0.369 e. The number of nitrogens with two attached hydrogens (primary N) is 1. The lowest BCUT2D eigenvalue weighted by Crippen LogP contribution is -2.44. The second kappa shape index (κ2) is 3.07. The Bertz CT molecular complexity index is 513. The predicted molar refractivity (Wildman–Crippen MR) is 60.2 cm³/mol. The van der Waals surface area contributed by atoms with Crippen molar-refractivity contribution in [2.24, 2.45) is 0 Å². The minimum Gasteiger partial charge on any atom is -0.369 e. The molecule has 86 valence electrons. The highest BCUT2D eigenvalue weighted by Crippen LogP contribution is 2.30. The van der Waals surface area contributed by atoms with E-state index in [9.17, 15) is 9.59 Å². The Kier molecular flexibility index (Phi) is 2.04. The van der Waals surface area contributed by atoms with Gasteiger partial charge in [-0.05, 0) is 20.8 Å². The lowest BCUT2D eigenvalue weighted by atomic mass is 10.1. The fraction of sp³-hybridized carbons (Fsp3) is 0.500. The molecule has 1 amide bonds. The number of anilines is 2. The van der Waals surface area contributed by atoms with Crippen LogP contribution in [0.15, 0.2) is 4.79 Å². The Labute approximate surface area is 92.5 Å². The van der Waals surface area contributed by atoms with Gasteiger partial charge in [0.1, 0.15) is 5.82 Å². The molecule has 0 fully saturated rings. The van der Waals surface area contributed by atoms with Crippen molar-refractivity contribution in [3.05, 3.63) is 15.9 Å². The lowest BCUT2D eigenvalue weighted by Gasteiger charge is -2.31. The van der Waals surface area contributed by atoms with Crippen molar-refractivity contribution in [3.8, 4) is 0 Å². The molecule has 6 nitrogen and oxygen atoms in total. The van der Waals surface area contributed by atoms with Crippen LogP contribution in [0.2, 0.25) is 0 Å². The smallest absolute Gasteiger partial charge is 0.258 e. The van der Waals surface area contributed by atoms with Gasteiger partial charge in [-0.2, -0.15) is 4.98 Å². The maximum atomic E-state index is 11.8. The monoisotopic (exact) mass is 222 g/mol. The van der Waals surface area contributed by atoms with E-state index in [-0.39, 0.29) is 23.8 Å². The van der Waals surface area contributed by atoms with Gasteiger partial charge in [0.25, 0.3) is 5.56 Å². The summed E-state index contributed by atoms with van der Waals surface area (Å²) in [6.07, 6.45) is 0.0925. The average molecular weight is 222 g/mol. The second-order valence-corrected chi connectivity index (χ2v) is 4.83. The summed E-state index contributed by atoms with van der Waals surface area (Å²) >= 11 is 0. The molecule has 0 saturated carbocycles. The molecule has 0 radical (unpaired) electrons. The number of rotatable bonds is 0.